The van der Waals surface area contributed by atoms with E-state index in [1.165, 1.54) is 4.90 Å². The summed E-state index contributed by atoms with van der Waals surface area (Å²) in [6.07, 6.45) is 0. The van der Waals surface area contributed by atoms with Crippen molar-refractivity contribution in [2.24, 2.45) is 0 Å². The van der Waals surface area contributed by atoms with Crippen LogP contribution in [0.5, 0.6) is 11.5 Å². The van der Waals surface area contributed by atoms with Crippen molar-refractivity contribution in [2.45, 2.75) is 13.5 Å². The monoisotopic (exact) mass is 462 g/mol. The number of anilines is 1. The number of amides is 2. The van der Waals surface area contributed by atoms with Gasteiger partial charge < -0.3 is 14.8 Å². The van der Waals surface area contributed by atoms with Crippen molar-refractivity contribution in [1.29, 1.82) is 0 Å². The Bertz CT molecular complexity index is 1250. The number of carbonyl (C=O) groups is 2. The summed E-state index contributed by atoms with van der Waals surface area (Å²) < 4.78 is 10.6. The van der Waals surface area contributed by atoms with Gasteiger partial charge in [0.2, 0.25) is 0 Å². The van der Waals surface area contributed by atoms with Gasteiger partial charge in [0.1, 0.15) is 5.70 Å². The molecule has 7 heteroatoms. The van der Waals surface area contributed by atoms with Crippen LogP contribution in [0.25, 0.3) is 5.57 Å². The lowest BCUT2D eigenvalue weighted by Crippen LogP contribution is -2.32. The third-order valence-electron chi connectivity index (χ3n) is 5.47. The molecule has 1 aliphatic rings. The van der Waals surface area contributed by atoms with Crippen LogP contribution in [0.4, 0.5) is 5.69 Å². The highest BCUT2D eigenvalue weighted by atomic mass is 35.5. The molecule has 0 atom stereocenters. The summed E-state index contributed by atoms with van der Waals surface area (Å²) in [5, 5.41) is 3.78. The van der Waals surface area contributed by atoms with Crippen molar-refractivity contribution in [3.8, 4) is 11.5 Å². The highest BCUT2D eigenvalue weighted by molar-refractivity contribution is 6.36. The summed E-state index contributed by atoms with van der Waals surface area (Å²) >= 11 is 6.08. The maximum Gasteiger partial charge on any atom is 0.278 e. The highest BCUT2D eigenvalue weighted by Gasteiger charge is 2.39. The summed E-state index contributed by atoms with van der Waals surface area (Å²) in [5.41, 5.74) is 3.54. The van der Waals surface area contributed by atoms with Crippen molar-refractivity contribution in [3.63, 3.8) is 0 Å². The van der Waals surface area contributed by atoms with Crippen LogP contribution in [0.2, 0.25) is 5.02 Å². The summed E-state index contributed by atoms with van der Waals surface area (Å²) in [7, 11) is 3.09. The van der Waals surface area contributed by atoms with Crippen LogP contribution in [-0.4, -0.2) is 30.9 Å². The number of nitrogens with one attached hydrogen (secondary N) is 1. The quantitative estimate of drug-likeness (QED) is 0.497. The lowest BCUT2D eigenvalue weighted by Gasteiger charge is -2.17. The van der Waals surface area contributed by atoms with E-state index in [0.29, 0.717) is 33.3 Å². The Morgan fingerprint density at radius 1 is 0.879 bits per heavy atom. The van der Waals surface area contributed by atoms with Gasteiger partial charge in [-0.25, -0.2) is 0 Å². The van der Waals surface area contributed by atoms with Crippen molar-refractivity contribution >= 4 is 34.7 Å². The number of ether oxygens (including phenoxy) is 2. The first-order chi connectivity index (χ1) is 15.9. The first-order valence-corrected chi connectivity index (χ1v) is 10.7. The van der Waals surface area contributed by atoms with E-state index in [9.17, 15) is 9.59 Å². The molecule has 1 heterocycles. The molecule has 1 N–H and O–H groups in total. The Labute approximate surface area is 197 Å². The normalized spacial score (nSPS) is 13.5. The van der Waals surface area contributed by atoms with Gasteiger partial charge in [-0.3, -0.25) is 14.5 Å². The Balaban J connectivity index is 1.72. The fraction of sp³-hybridized carbons (Fsp3) is 0.154. The van der Waals surface area contributed by atoms with E-state index in [2.05, 4.69) is 5.32 Å². The van der Waals surface area contributed by atoms with Gasteiger partial charge in [-0.05, 0) is 53.9 Å². The average molecular weight is 463 g/mol. The lowest BCUT2D eigenvalue weighted by molar-refractivity contribution is -0.137. The molecule has 0 radical (unpaired) electrons. The second-order valence-corrected chi connectivity index (χ2v) is 8.02. The molecule has 0 spiro atoms. The molecule has 0 aromatic heterocycles. The molecule has 0 unspecified atom stereocenters. The SMILES string of the molecule is COc1ccc(CN2C(=O)C(Nc3ccc(Cl)cc3C)=C(c3ccccc3)C2=O)cc1OC. The number of hydrogen-bond donors (Lipinski definition) is 1. The third-order valence-corrected chi connectivity index (χ3v) is 5.70. The predicted octanol–water partition coefficient (Wildman–Crippen LogP) is 5.06. The number of rotatable bonds is 7. The number of aryl methyl sites for hydroxylation is 1. The molecule has 1 aliphatic heterocycles. The molecule has 0 saturated carbocycles. The molecule has 0 saturated heterocycles. The molecule has 33 heavy (non-hydrogen) atoms. The van der Waals surface area contributed by atoms with Gasteiger partial charge in [0, 0.05) is 10.7 Å². The molecule has 168 valence electrons. The summed E-state index contributed by atoms with van der Waals surface area (Å²) in [6.45, 7) is 1.98. The van der Waals surface area contributed by atoms with E-state index >= 15 is 0 Å². The van der Waals surface area contributed by atoms with E-state index in [1.807, 2.05) is 37.3 Å². The van der Waals surface area contributed by atoms with Crippen LogP contribution in [0.1, 0.15) is 16.7 Å². The zero-order chi connectivity index (χ0) is 23.5. The van der Waals surface area contributed by atoms with E-state index in [1.54, 1.807) is 50.6 Å². The number of nitrogens with zero attached hydrogens (tertiary/aromatic N) is 1. The predicted molar refractivity (Wildman–Crippen MR) is 128 cm³/mol. The molecule has 2 amide bonds. The van der Waals surface area contributed by atoms with Crippen LogP contribution < -0.4 is 14.8 Å². The van der Waals surface area contributed by atoms with Crippen molar-refractivity contribution in [1.82, 2.24) is 4.90 Å². The summed E-state index contributed by atoms with van der Waals surface area (Å²) in [6, 6.07) is 19.8. The average Bonchev–Trinajstić information content (AvgIpc) is 3.05. The molecule has 3 aromatic carbocycles. The van der Waals surface area contributed by atoms with Crippen LogP contribution in [0.15, 0.2) is 72.4 Å². The van der Waals surface area contributed by atoms with E-state index < -0.39 is 5.91 Å². The Hall–Kier alpha value is -3.77. The molecule has 6 nitrogen and oxygen atoms in total. The maximum absolute atomic E-state index is 13.5. The van der Waals surface area contributed by atoms with Crippen molar-refractivity contribution in [2.75, 3.05) is 19.5 Å². The fourth-order valence-corrected chi connectivity index (χ4v) is 4.00. The maximum atomic E-state index is 13.5. The standard InChI is InChI=1S/C26H23ClN2O4/c1-16-13-19(27)10-11-20(16)28-24-23(18-7-5-4-6-8-18)25(30)29(26(24)31)15-17-9-12-21(32-2)22(14-17)33-3/h4-14,28H,15H2,1-3H3. The van der Waals surface area contributed by atoms with Crippen LogP contribution in [0.3, 0.4) is 0 Å². The molecule has 3 aromatic rings. The first kappa shape index (κ1) is 22.4. The third kappa shape index (κ3) is 4.43. The van der Waals surface area contributed by atoms with Gasteiger partial charge >= 0.3 is 0 Å². The molecular formula is C26H23ClN2O4. The number of carbonyl (C=O) groups excluding carboxylic acids is 2. The smallest absolute Gasteiger partial charge is 0.278 e. The zero-order valence-electron chi connectivity index (χ0n) is 18.5. The second kappa shape index (κ2) is 9.38. The first-order valence-electron chi connectivity index (χ1n) is 10.3. The second-order valence-electron chi connectivity index (χ2n) is 7.59. The number of imide groups is 1. The van der Waals surface area contributed by atoms with Gasteiger partial charge in [-0.15, -0.1) is 0 Å². The number of halogens is 1. The van der Waals surface area contributed by atoms with Crippen molar-refractivity contribution in [3.05, 3.63) is 94.1 Å². The highest BCUT2D eigenvalue weighted by Crippen LogP contribution is 2.34. The molecule has 4 rings (SSSR count). The molecule has 0 fully saturated rings. The van der Waals surface area contributed by atoms with E-state index in [-0.39, 0.29) is 18.1 Å². The van der Waals surface area contributed by atoms with Gasteiger partial charge in [0.15, 0.2) is 11.5 Å². The number of hydrogen-bond acceptors (Lipinski definition) is 5. The molecule has 0 bridgehead atoms. The minimum atomic E-state index is -0.400. The fourth-order valence-electron chi connectivity index (χ4n) is 3.77. The summed E-state index contributed by atoms with van der Waals surface area (Å²) in [4.78, 5) is 28.2. The van der Waals surface area contributed by atoms with E-state index in [4.69, 9.17) is 21.1 Å². The largest absolute Gasteiger partial charge is 0.493 e. The Morgan fingerprint density at radius 2 is 1.61 bits per heavy atom. The topological polar surface area (TPSA) is 67.9 Å². The Kier molecular flexibility index (Phi) is 6.38. The number of benzene rings is 3. The van der Waals surface area contributed by atoms with Gasteiger partial charge in [-0.2, -0.15) is 0 Å². The molecular weight excluding hydrogens is 440 g/mol. The van der Waals surface area contributed by atoms with Crippen LogP contribution in [-0.2, 0) is 16.1 Å². The Morgan fingerprint density at radius 3 is 2.27 bits per heavy atom. The zero-order valence-corrected chi connectivity index (χ0v) is 19.3. The van der Waals surface area contributed by atoms with Gasteiger partial charge in [0.05, 0.1) is 26.3 Å². The molecule has 0 aliphatic carbocycles. The lowest BCUT2D eigenvalue weighted by atomic mass is 10.0. The minimum Gasteiger partial charge on any atom is -0.493 e. The summed E-state index contributed by atoms with van der Waals surface area (Å²) in [5.74, 6) is 0.336. The van der Waals surface area contributed by atoms with Gasteiger partial charge in [-0.1, -0.05) is 48.0 Å². The van der Waals surface area contributed by atoms with Crippen LogP contribution >= 0.6 is 11.6 Å². The number of methoxy groups -OCH3 is 2. The van der Waals surface area contributed by atoms with Gasteiger partial charge in [0.25, 0.3) is 11.8 Å². The van der Waals surface area contributed by atoms with Crippen molar-refractivity contribution < 1.29 is 19.1 Å². The van der Waals surface area contributed by atoms with E-state index in [0.717, 1.165) is 11.1 Å². The minimum absolute atomic E-state index is 0.0964. The van der Waals surface area contributed by atoms with Crippen LogP contribution in [0, 0.1) is 6.92 Å².